The first-order valence-corrected chi connectivity index (χ1v) is 9.99. The zero-order valence-corrected chi connectivity index (χ0v) is 16.2. The number of rotatable bonds is 5. The van der Waals surface area contributed by atoms with Crippen molar-refractivity contribution in [2.75, 3.05) is 12.3 Å². The van der Waals surface area contributed by atoms with Gasteiger partial charge in [-0.15, -0.1) is 0 Å². The molecule has 6 heteroatoms. The Morgan fingerprint density at radius 2 is 2.12 bits per heavy atom. The van der Waals surface area contributed by atoms with Gasteiger partial charge in [0, 0.05) is 30.2 Å². The summed E-state index contributed by atoms with van der Waals surface area (Å²) in [7, 11) is 0. The molecule has 0 aliphatic heterocycles. The minimum Gasteiger partial charge on any atom is -0.455 e. The Balaban J connectivity index is 1.73. The third kappa shape index (κ3) is 3.38. The highest BCUT2D eigenvalue weighted by Gasteiger charge is 2.45. The first-order valence-electron chi connectivity index (χ1n) is 8.94. The van der Waals surface area contributed by atoms with E-state index >= 15 is 0 Å². The van der Waals surface area contributed by atoms with Crippen LogP contribution in [0.3, 0.4) is 0 Å². The zero-order valence-electron chi connectivity index (χ0n) is 15.4. The van der Waals surface area contributed by atoms with Crippen LogP contribution in [0.2, 0.25) is 0 Å². The summed E-state index contributed by atoms with van der Waals surface area (Å²) in [6, 6.07) is 0. The normalized spacial score (nSPS) is 27.6. The third-order valence-electron chi connectivity index (χ3n) is 5.34. The lowest BCUT2D eigenvalue weighted by Gasteiger charge is -2.44. The zero-order chi connectivity index (χ0) is 18.4. The lowest BCUT2D eigenvalue weighted by molar-refractivity contribution is -0.0223. The number of carbonyl (C=O) groups is 2. The van der Waals surface area contributed by atoms with Crippen LogP contribution in [0.1, 0.15) is 72.3 Å². The summed E-state index contributed by atoms with van der Waals surface area (Å²) >= 11 is 1.73. The summed E-state index contributed by atoms with van der Waals surface area (Å²) < 4.78 is 5.78. The van der Waals surface area contributed by atoms with Crippen molar-refractivity contribution in [2.45, 2.75) is 64.2 Å². The quantitative estimate of drug-likeness (QED) is 0.838. The molecule has 138 valence electrons. The Morgan fingerprint density at radius 3 is 2.72 bits per heavy atom. The van der Waals surface area contributed by atoms with Gasteiger partial charge < -0.3 is 14.8 Å². The van der Waals surface area contributed by atoms with Gasteiger partial charge >= 0.3 is 0 Å². The largest absolute Gasteiger partial charge is 0.455 e. The van der Waals surface area contributed by atoms with E-state index in [0.29, 0.717) is 36.1 Å². The number of aliphatic hydroxyl groups is 1. The summed E-state index contributed by atoms with van der Waals surface area (Å²) in [5.74, 6) is 1.47. The van der Waals surface area contributed by atoms with Crippen LogP contribution in [0.25, 0.3) is 0 Å². The van der Waals surface area contributed by atoms with Crippen molar-refractivity contribution in [1.29, 1.82) is 0 Å². The lowest BCUT2D eigenvalue weighted by Crippen LogP contribution is -2.57. The first kappa shape index (κ1) is 18.5. The van der Waals surface area contributed by atoms with Gasteiger partial charge in [-0.3, -0.25) is 9.59 Å². The van der Waals surface area contributed by atoms with Gasteiger partial charge in [-0.2, -0.15) is 11.8 Å². The van der Waals surface area contributed by atoms with Gasteiger partial charge in [0.2, 0.25) is 0 Å². The van der Waals surface area contributed by atoms with Crippen molar-refractivity contribution in [1.82, 2.24) is 5.32 Å². The summed E-state index contributed by atoms with van der Waals surface area (Å²) in [6.07, 6.45) is 2.80. The second-order valence-electron chi connectivity index (χ2n) is 8.06. The Labute approximate surface area is 152 Å². The molecule has 2 aliphatic rings. The molecule has 2 N–H and O–H groups in total. The Morgan fingerprint density at radius 1 is 1.40 bits per heavy atom. The lowest BCUT2D eigenvalue weighted by atomic mass is 9.76. The summed E-state index contributed by atoms with van der Waals surface area (Å²) in [5.41, 5.74) is 0.210. The van der Waals surface area contributed by atoms with Gasteiger partial charge in [0.05, 0.1) is 11.2 Å². The summed E-state index contributed by atoms with van der Waals surface area (Å²) in [5, 5.41) is 13.6. The molecule has 1 fully saturated rings. The Bertz CT molecular complexity index is 709. The van der Waals surface area contributed by atoms with E-state index in [1.165, 1.54) is 0 Å². The minimum atomic E-state index is -0.839. The molecule has 0 bridgehead atoms. The number of fused-ring (bicyclic) bond motifs is 1. The van der Waals surface area contributed by atoms with Crippen LogP contribution in [-0.4, -0.2) is 39.9 Å². The van der Waals surface area contributed by atoms with Crippen LogP contribution in [0.15, 0.2) is 4.42 Å². The molecule has 0 saturated heterocycles. The van der Waals surface area contributed by atoms with Gasteiger partial charge in [0.15, 0.2) is 11.5 Å². The predicted molar refractivity (Wildman–Crippen MR) is 98.3 cm³/mol. The average Bonchev–Trinajstić information content (AvgIpc) is 2.84. The molecular formula is C19H27NO4S. The number of furan rings is 1. The van der Waals surface area contributed by atoms with Crippen molar-refractivity contribution in [2.24, 2.45) is 5.41 Å². The Kier molecular flexibility index (Phi) is 4.79. The molecule has 1 aromatic heterocycles. The molecule has 1 heterocycles. The molecule has 0 spiro atoms. The van der Waals surface area contributed by atoms with E-state index in [4.69, 9.17) is 4.42 Å². The number of carbonyl (C=O) groups excluding carboxylic acids is 2. The highest BCUT2D eigenvalue weighted by Crippen LogP contribution is 2.41. The fraction of sp³-hybridized carbons (Fsp3) is 0.684. The van der Waals surface area contributed by atoms with Crippen LogP contribution >= 0.6 is 11.8 Å². The monoisotopic (exact) mass is 365 g/mol. The highest BCUT2D eigenvalue weighted by atomic mass is 32.2. The van der Waals surface area contributed by atoms with Crippen LogP contribution in [0.5, 0.6) is 0 Å². The number of thioether (sulfide) groups is 1. The van der Waals surface area contributed by atoms with Crippen LogP contribution in [0, 0.1) is 12.3 Å². The summed E-state index contributed by atoms with van der Waals surface area (Å²) in [4.78, 5) is 25.0. The fourth-order valence-electron chi connectivity index (χ4n) is 3.85. The maximum atomic E-state index is 12.6. The van der Waals surface area contributed by atoms with Crippen molar-refractivity contribution < 1.29 is 19.1 Å². The van der Waals surface area contributed by atoms with Crippen LogP contribution < -0.4 is 5.32 Å². The van der Waals surface area contributed by atoms with Gasteiger partial charge in [-0.25, -0.2) is 0 Å². The maximum Gasteiger partial charge on any atom is 0.287 e. The van der Waals surface area contributed by atoms with E-state index in [1.54, 1.807) is 18.7 Å². The Hall–Kier alpha value is -1.27. The van der Waals surface area contributed by atoms with E-state index in [-0.39, 0.29) is 34.7 Å². The van der Waals surface area contributed by atoms with Crippen molar-refractivity contribution in [3.63, 3.8) is 0 Å². The molecule has 5 nitrogen and oxygen atoms in total. The molecule has 1 aromatic rings. The number of amides is 1. The predicted octanol–water partition coefficient (Wildman–Crippen LogP) is 3.12. The van der Waals surface area contributed by atoms with E-state index in [9.17, 15) is 14.7 Å². The molecule has 3 rings (SSSR count). The number of nitrogens with one attached hydrogen (secondary N) is 1. The van der Waals surface area contributed by atoms with E-state index < -0.39 is 5.60 Å². The van der Waals surface area contributed by atoms with Crippen LogP contribution in [0.4, 0.5) is 0 Å². The molecule has 0 radical (unpaired) electrons. The molecule has 2 aliphatic carbocycles. The molecule has 1 amide bonds. The topological polar surface area (TPSA) is 79.5 Å². The number of ketones is 1. The standard InChI is InChI=1S/C19H27NO4S/c1-5-25-14-6-7-19(14,23)10-20-17(22)16-11(2)15-12(21)8-18(3,4)9-13(15)24-16/h14,23H,5-10H2,1-4H3,(H,20,22)/t14-,19+/m0/s1. The van der Waals surface area contributed by atoms with Gasteiger partial charge in [0.25, 0.3) is 5.91 Å². The van der Waals surface area contributed by atoms with Gasteiger partial charge in [-0.05, 0) is 30.9 Å². The second-order valence-corrected chi connectivity index (χ2v) is 9.54. The van der Waals surface area contributed by atoms with Crippen molar-refractivity contribution in [3.8, 4) is 0 Å². The average molecular weight is 365 g/mol. The maximum absolute atomic E-state index is 12.6. The van der Waals surface area contributed by atoms with Crippen molar-refractivity contribution in [3.05, 3.63) is 22.6 Å². The van der Waals surface area contributed by atoms with E-state index in [2.05, 4.69) is 12.2 Å². The fourth-order valence-corrected chi connectivity index (χ4v) is 5.05. The second kappa shape index (κ2) is 6.47. The molecule has 1 saturated carbocycles. The summed E-state index contributed by atoms with van der Waals surface area (Å²) in [6.45, 7) is 8.11. The smallest absolute Gasteiger partial charge is 0.287 e. The molecule has 0 unspecified atom stereocenters. The minimum absolute atomic E-state index is 0.0450. The van der Waals surface area contributed by atoms with Crippen molar-refractivity contribution >= 4 is 23.5 Å². The number of hydrogen-bond acceptors (Lipinski definition) is 5. The van der Waals surface area contributed by atoms with Crippen LogP contribution in [-0.2, 0) is 6.42 Å². The highest BCUT2D eigenvalue weighted by molar-refractivity contribution is 8.00. The van der Waals surface area contributed by atoms with E-state index in [0.717, 1.165) is 12.2 Å². The van der Waals surface area contributed by atoms with Gasteiger partial charge in [0.1, 0.15) is 5.76 Å². The molecule has 2 atom stereocenters. The number of hydrogen-bond donors (Lipinski definition) is 2. The molecule has 0 aromatic carbocycles. The third-order valence-corrected chi connectivity index (χ3v) is 6.75. The molecule has 25 heavy (non-hydrogen) atoms. The first-order chi connectivity index (χ1) is 11.7. The SMILES string of the molecule is CCS[C@H]1CC[C@@]1(O)CNC(=O)c1oc2c(c1C)C(=O)CC(C)(C)C2. The van der Waals surface area contributed by atoms with Gasteiger partial charge in [-0.1, -0.05) is 20.8 Å². The van der Waals surface area contributed by atoms with E-state index in [1.807, 2.05) is 13.8 Å². The molecular weight excluding hydrogens is 338 g/mol. The number of Topliss-reactive ketones (excluding diaryl/α,β-unsaturated/α-hetero) is 1.